The van der Waals surface area contributed by atoms with Crippen LogP contribution >= 0.6 is 0 Å². The molecular weight excluding hydrogens is 320 g/mol. The number of carbonyl (C=O) groups is 2. The van der Waals surface area contributed by atoms with Gasteiger partial charge in [0.05, 0.1) is 5.69 Å². The highest BCUT2D eigenvalue weighted by Gasteiger charge is 2.18. The SMILES string of the molecule is CCN1CCN(CCCNC(=O)c2ccc3c(c2)OCC(=O)N3)CC1. The Labute approximate surface area is 148 Å². The van der Waals surface area contributed by atoms with Gasteiger partial charge < -0.3 is 25.2 Å². The van der Waals surface area contributed by atoms with Crippen molar-refractivity contribution >= 4 is 17.5 Å². The van der Waals surface area contributed by atoms with E-state index in [0.29, 0.717) is 23.5 Å². The minimum Gasteiger partial charge on any atom is -0.482 e. The van der Waals surface area contributed by atoms with Crippen LogP contribution in [0, 0.1) is 0 Å². The Morgan fingerprint density at radius 1 is 1.24 bits per heavy atom. The van der Waals surface area contributed by atoms with Gasteiger partial charge in [0.1, 0.15) is 5.75 Å². The van der Waals surface area contributed by atoms with Crippen molar-refractivity contribution in [2.75, 3.05) is 57.7 Å². The van der Waals surface area contributed by atoms with Gasteiger partial charge in [-0.3, -0.25) is 9.59 Å². The molecule has 7 heteroatoms. The number of ether oxygens (including phenoxy) is 1. The predicted molar refractivity (Wildman–Crippen MR) is 96.1 cm³/mol. The van der Waals surface area contributed by atoms with Gasteiger partial charge in [-0.2, -0.15) is 0 Å². The van der Waals surface area contributed by atoms with Crippen LogP contribution in [0.15, 0.2) is 18.2 Å². The fraction of sp³-hybridized carbons (Fsp3) is 0.556. The average Bonchev–Trinajstić information content (AvgIpc) is 2.65. The normalized spacial score (nSPS) is 18.2. The van der Waals surface area contributed by atoms with Crippen LogP contribution < -0.4 is 15.4 Å². The second-order valence-electron chi connectivity index (χ2n) is 6.43. The van der Waals surface area contributed by atoms with E-state index in [9.17, 15) is 9.59 Å². The minimum absolute atomic E-state index is 0.0105. The number of piperazine rings is 1. The van der Waals surface area contributed by atoms with E-state index in [4.69, 9.17) is 4.74 Å². The van der Waals surface area contributed by atoms with Crippen molar-refractivity contribution in [3.8, 4) is 5.75 Å². The highest BCUT2D eigenvalue weighted by Crippen LogP contribution is 2.28. The zero-order valence-corrected chi connectivity index (χ0v) is 14.7. The number of nitrogens with zero attached hydrogens (tertiary/aromatic N) is 2. The molecule has 0 atom stereocenters. The lowest BCUT2D eigenvalue weighted by Crippen LogP contribution is -2.46. The molecule has 7 nitrogen and oxygen atoms in total. The Hall–Kier alpha value is -2.12. The molecule has 2 amide bonds. The number of amides is 2. The van der Waals surface area contributed by atoms with E-state index in [1.54, 1.807) is 18.2 Å². The summed E-state index contributed by atoms with van der Waals surface area (Å²) in [5.41, 5.74) is 1.16. The van der Waals surface area contributed by atoms with E-state index in [1.165, 1.54) is 0 Å². The Morgan fingerprint density at radius 3 is 2.76 bits per heavy atom. The van der Waals surface area contributed by atoms with Crippen LogP contribution in [0.5, 0.6) is 5.75 Å². The molecule has 2 heterocycles. The molecular formula is C18H26N4O3. The zero-order chi connectivity index (χ0) is 17.6. The summed E-state index contributed by atoms with van der Waals surface area (Å²) in [6, 6.07) is 5.08. The van der Waals surface area contributed by atoms with E-state index in [-0.39, 0.29) is 18.4 Å². The van der Waals surface area contributed by atoms with Crippen LogP contribution in [0.3, 0.4) is 0 Å². The van der Waals surface area contributed by atoms with Crippen LogP contribution in [-0.2, 0) is 4.79 Å². The third-order valence-electron chi connectivity index (χ3n) is 4.73. The summed E-state index contributed by atoms with van der Waals surface area (Å²) in [5.74, 6) is 0.254. The zero-order valence-electron chi connectivity index (χ0n) is 14.7. The van der Waals surface area contributed by atoms with E-state index >= 15 is 0 Å². The fourth-order valence-corrected chi connectivity index (χ4v) is 3.15. The van der Waals surface area contributed by atoms with Gasteiger partial charge in [0, 0.05) is 38.3 Å². The van der Waals surface area contributed by atoms with Crippen molar-refractivity contribution in [3.63, 3.8) is 0 Å². The number of hydrogen-bond acceptors (Lipinski definition) is 5. The molecule has 3 rings (SSSR count). The summed E-state index contributed by atoms with van der Waals surface area (Å²) in [7, 11) is 0. The van der Waals surface area contributed by atoms with Crippen LogP contribution in [0.25, 0.3) is 0 Å². The van der Waals surface area contributed by atoms with Gasteiger partial charge >= 0.3 is 0 Å². The molecule has 1 saturated heterocycles. The van der Waals surface area contributed by atoms with Crippen LogP contribution in [0.4, 0.5) is 5.69 Å². The molecule has 0 radical (unpaired) electrons. The molecule has 2 N–H and O–H groups in total. The van der Waals surface area contributed by atoms with Gasteiger partial charge in [0.15, 0.2) is 6.61 Å². The molecule has 0 bridgehead atoms. The van der Waals surface area contributed by atoms with Crippen LogP contribution in [0.2, 0.25) is 0 Å². The second-order valence-corrected chi connectivity index (χ2v) is 6.43. The molecule has 1 aromatic carbocycles. The molecule has 0 saturated carbocycles. The lowest BCUT2D eigenvalue weighted by Gasteiger charge is -2.33. The number of hydrogen-bond donors (Lipinski definition) is 2. The first-order valence-corrected chi connectivity index (χ1v) is 8.95. The average molecular weight is 346 g/mol. The largest absolute Gasteiger partial charge is 0.482 e. The number of nitrogens with one attached hydrogen (secondary N) is 2. The van der Waals surface area contributed by atoms with E-state index in [1.807, 2.05) is 0 Å². The Balaban J connectivity index is 1.40. The van der Waals surface area contributed by atoms with E-state index < -0.39 is 0 Å². The smallest absolute Gasteiger partial charge is 0.262 e. The number of benzene rings is 1. The standard InChI is InChI=1S/C18H26N4O3/c1-2-21-8-10-22(11-9-21)7-3-6-19-18(24)14-4-5-15-16(12-14)25-13-17(23)20-15/h4-5,12H,2-3,6-11,13H2,1H3,(H,19,24)(H,20,23). The maximum atomic E-state index is 12.3. The molecule has 1 aromatic rings. The minimum atomic E-state index is -0.176. The summed E-state index contributed by atoms with van der Waals surface area (Å²) in [4.78, 5) is 28.4. The number of likely N-dealkylation sites (N-methyl/N-ethyl adjacent to an activating group) is 1. The molecule has 2 aliphatic heterocycles. The molecule has 136 valence electrons. The van der Waals surface area contributed by atoms with Gasteiger partial charge in [-0.05, 0) is 37.7 Å². The van der Waals surface area contributed by atoms with Crippen molar-refractivity contribution < 1.29 is 14.3 Å². The maximum Gasteiger partial charge on any atom is 0.262 e. The number of fused-ring (bicyclic) bond motifs is 1. The third-order valence-corrected chi connectivity index (χ3v) is 4.73. The van der Waals surface area contributed by atoms with Crippen molar-refractivity contribution in [3.05, 3.63) is 23.8 Å². The number of rotatable bonds is 6. The molecule has 0 aromatic heterocycles. The predicted octanol–water partition coefficient (Wildman–Crippen LogP) is 0.775. The molecule has 1 fully saturated rings. The summed E-state index contributed by atoms with van der Waals surface area (Å²) >= 11 is 0. The Bertz CT molecular complexity index is 627. The van der Waals surface area contributed by atoms with Crippen molar-refractivity contribution in [2.45, 2.75) is 13.3 Å². The van der Waals surface area contributed by atoms with Crippen molar-refractivity contribution in [1.82, 2.24) is 15.1 Å². The first-order valence-electron chi connectivity index (χ1n) is 8.95. The van der Waals surface area contributed by atoms with E-state index in [2.05, 4.69) is 27.4 Å². The second kappa shape index (κ2) is 8.31. The molecule has 0 aliphatic carbocycles. The maximum absolute atomic E-state index is 12.3. The topological polar surface area (TPSA) is 73.9 Å². The van der Waals surface area contributed by atoms with Gasteiger partial charge in [-0.15, -0.1) is 0 Å². The van der Waals surface area contributed by atoms with Gasteiger partial charge in [-0.1, -0.05) is 6.92 Å². The van der Waals surface area contributed by atoms with Gasteiger partial charge in [0.2, 0.25) is 0 Å². The first kappa shape index (κ1) is 17.7. The van der Waals surface area contributed by atoms with Gasteiger partial charge in [0.25, 0.3) is 11.8 Å². The quantitative estimate of drug-likeness (QED) is 0.745. The monoisotopic (exact) mass is 346 g/mol. The fourth-order valence-electron chi connectivity index (χ4n) is 3.15. The summed E-state index contributed by atoms with van der Waals surface area (Å²) in [5, 5.41) is 5.67. The third kappa shape index (κ3) is 4.70. The number of carbonyl (C=O) groups excluding carboxylic acids is 2. The molecule has 2 aliphatic rings. The Kier molecular flexibility index (Phi) is 5.88. The summed E-state index contributed by atoms with van der Waals surface area (Å²) in [6.45, 7) is 9.46. The van der Waals surface area contributed by atoms with Crippen molar-refractivity contribution in [1.29, 1.82) is 0 Å². The molecule has 25 heavy (non-hydrogen) atoms. The highest BCUT2D eigenvalue weighted by molar-refractivity contribution is 5.98. The first-order chi connectivity index (χ1) is 12.2. The lowest BCUT2D eigenvalue weighted by molar-refractivity contribution is -0.118. The van der Waals surface area contributed by atoms with Gasteiger partial charge in [-0.25, -0.2) is 0 Å². The number of anilines is 1. The highest BCUT2D eigenvalue weighted by atomic mass is 16.5. The Morgan fingerprint density at radius 2 is 2.00 bits per heavy atom. The summed E-state index contributed by atoms with van der Waals surface area (Å²) < 4.78 is 5.35. The van der Waals surface area contributed by atoms with Crippen molar-refractivity contribution in [2.24, 2.45) is 0 Å². The summed E-state index contributed by atoms with van der Waals surface area (Å²) in [6.07, 6.45) is 0.940. The van der Waals surface area contributed by atoms with Crippen LogP contribution in [0.1, 0.15) is 23.7 Å². The van der Waals surface area contributed by atoms with Crippen LogP contribution in [-0.4, -0.2) is 74.0 Å². The molecule has 0 spiro atoms. The molecule has 0 unspecified atom stereocenters. The van der Waals surface area contributed by atoms with E-state index in [0.717, 1.165) is 45.7 Å². The lowest BCUT2D eigenvalue weighted by atomic mass is 10.1.